The second-order valence-corrected chi connectivity index (χ2v) is 7.74. The summed E-state index contributed by atoms with van der Waals surface area (Å²) in [6.45, 7) is 4.59. The SMILES string of the molecule is BC(B)(n1ccc2cc(OC3CC3)ccc21)C(C)(C)N(C)C. The van der Waals surface area contributed by atoms with Crippen LogP contribution >= 0.6 is 0 Å². The minimum Gasteiger partial charge on any atom is -0.490 e. The second-order valence-electron chi connectivity index (χ2n) is 7.74. The third kappa shape index (κ3) is 2.45. The number of nitrogens with zero attached hydrogens (tertiary/aromatic N) is 2. The molecule has 1 aromatic carbocycles. The Hall–Kier alpha value is -1.35. The van der Waals surface area contributed by atoms with Gasteiger partial charge in [0.2, 0.25) is 0 Å². The Kier molecular flexibility index (Phi) is 3.59. The molecule has 3 nitrogen and oxygen atoms in total. The van der Waals surface area contributed by atoms with Gasteiger partial charge in [0.15, 0.2) is 0 Å². The van der Waals surface area contributed by atoms with Crippen LogP contribution in [0.5, 0.6) is 5.75 Å². The van der Waals surface area contributed by atoms with E-state index in [-0.39, 0.29) is 10.9 Å². The lowest BCUT2D eigenvalue weighted by Gasteiger charge is -2.48. The van der Waals surface area contributed by atoms with Crippen LogP contribution in [0, 0.1) is 0 Å². The monoisotopic (exact) mass is 296 g/mol. The van der Waals surface area contributed by atoms with Gasteiger partial charge in [0.1, 0.15) is 21.4 Å². The summed E-state index contributed by atoms with van der Waals surface area (Å²) in [7, 11) is 8.91. The Labute approximate surface area is 135 Å². The van der Waals surface area contributed by atoms with E-state index in [9.17, 15) is 0 Å². The van der Waals surface area contributed by atoms with Gasteiger partial charge in [0.25, 0.3) is 0 Å². The van der Waals surface area contributed by atoms with Crippen molar-refractivity contribution in [1.82, 2.24) is 9.47 Å². The lowest BCUT2D eigenvalue weighted by Crippen LogP contribution is -2.60. The van der Waals surface area contributed by atoms with Gasteiger partial charge >= 0.3 is 0 Å². The fourth-order valence-electron chi connectivity index (χ4n) is 2.90. The average molecular weight is 296 g/mol. The Morgan fingerprint density at radius 2 is 1.86 bits per heavy atom. The molecule has 0 N–H and O–H groups in total. The van der Waals surface area contributed by atoms with Crippen molar-refractivity contribution in [2.75, 3.05) is 14.1 Å². The number of likely N-dealkylation sites (N-methyl/N-ethyl adjacent to an activating group) is 1. The Morgan fingerprint density at radius 3 is 2.45 bits per heavy atom. The van der Waals surface area contributed by atoms with Crippen molar-refractivity contribution in [3.8, 4) is 5.75 Å². The van der Waals surface area contributed by atoms with E-state index in [1.807, 2.05) is 0 Å². The van der Waals surface area contributed by atoms with Crippen molar-refractivity contribution in [3.05, 3.63) is 30.5 Å². The van der Waals surface area contributed by atoms with Crippen molar-refractivity contribution >= 4 is 26.6 Å². The maximum absolute atomic E-state index is 5.92. The average Bonchev–Trinajstić information content (AvgIpc) is 3.14. The van der Waals surface area contributed by atoms with Crippen LogP contribution in [0.1, 0.15) is 26.7 Å². The maximum atomic E-state index is 5.92. The van der Waals surface area contributed by atoms with Gasteiger partial charge in [-0.1, -0.05) is 0 Å². The van der Waals surface area contributed by atoms with E-state index in [2.05, 4.69) is 83.6 Å². The van der Waals surface area contributed by atoms with Crippen LogP contribution < -0.4 is 4.74 Å². The fraction of sp³-hybridized carbons (Fsp3) is 0.529. The molecule has 0 atom stereocenters. The van der Waals surface area contributed by atoms with Crippen LogP contribution in [0.25, 0.3) is 10.9 Å². The van der Waals surface area contributed by atoms with Crippen LogP contribution in [0.15, 0.2) is 30.5 Å². The van der Waals surface area contributed by atoms with Crippen molar-refractivity contribution in [2.24, 2.45) is 0 Å². The molecule has 1 fully saturated rings. The summed E-state index contributed by atoms with van der Waals surface area (Å²) in [5.41, 5.74) is 1.30. The summed E-state index contributed by atoms with van der Waals surface area (Å²) in [4.78, 5) is 2.30. The number of aromatic nitrogens is 1. The van der Waals surface area contributed by atoms with Crippen LogP contribution in [-0.2, 0) is 5.34 Å². The molecule has 22 heavy (non-hydrogen) atoms. The van der Waals surface area contributed by atoms with E-state index in [1.54, 1.807) is 0 Å². The summed E-state index contributed by atoms with van der Waals surface area (Å²) in [5, 5.41) is 1.22. The minimum atomic E-state index is -0.0306. The summed E-state index contributed by atoms with van der Waals surface area (Å²) in [5.74, 6) is 0.998. The topological polar surface area (TPSA) is 17.4 Å². The zero-order valence-electron chi connectivity index (χ0n) is 14.7. The largest absolute Gasteiger partial charge is 0.490 e. The fourth-order valence-corrected chi connectivity index (χ4v) is 2.90. The Bertz CT molecular complexity index is 687. The van der Waals surface area contributed by atoms with E-state index in [1.165, 1.54) is 23.7 Å². The highest BCUT2D eigenvalue weighted by Crippen LogP contribution is 2.34. The molecule has 5 heteroatoms. The molecular formula is C17H26B2N2O. The molecule has 0 bridgehead atoms. The number of benzene rings is 1. The highest BCUT2D eigenvalue weighted by atomic mass is 16.5. The molecule has 1 aliphatic rings. The van der Waals surface area contributed by atoms with Gasteiger partial charge in [-0.25, -0.2) is 0 Å². The molecule has 3 rings (SSSR count). The van der Waals surface area contributed by atoms with Crippen molar-refractivity contribution in [1.29, 1.82) is 0 Å². The van der Waals surface area contributed by atoms with Crippen LogP contribution in [0.3, 0.4) is 0 Å². The lowest BCUT2D eigenvalue weighted by atomic mass is 9.51. The maximum Gasteiger partial charge on any atom is 0.126 e. The van der Waals surface area contributed by atoms with Gasteiger partial charge in [-0.15, -0.1) is 0 Å². The van der Waals surface area contributed by atoms with E-state index in [4.69, 9.17) is 4.74 Å². The van der Waals surface area contributed by atoms with Crippen LogP contribution in [-0.4, -0.2) is 50.9 Å². The Morgan fingerprint density at radius 1 is 1.18 bits per heavy atom. The molecule has 1 saturated carbocycles. The molecule has 0 aliphatic heterocycles. The lowest BCUT2D eigenvalue weighted by molar-refractivity contribution is 0.141. The van der Waals surface area contributed by atoms with Gasteiger partial charge in [-0.2, -0.15) is 0 Å². The van der Waals surface area contributed by atoms with Gasteiger partial charge in [-0.05, 0) is 65.0 Å². The van der Waals surface area contributed by atoms with E-state index in [0.717, 1.165) is 5.75 Å². The van der Waals surface area contributed by atoms with Crippen LogP contribution in [0.2, 0.25) is 0 Å². The van der Waals surface area contributed by atoms with Gasteiger partial charge in [-0.3, -0.25) is 0 Å². The van der Waals surface area contributed by atoms with E-state index >= 15 is 0 Å². The highest BCUT2D eigenvalue weighted by molar-refractivity contribution is 6.39. The third-order valence-corrected chi connectivity index (χ3v) is 5.71. The number of hydrogen-bond donors (Lipinski definition) is 0. The van der Waals surface area contributed by atoms with Gasteiger partial charge < -0.3 is 14.2 Å². The van der Waals surface area contributed by atoms with Gasteiger partial charge in [0.05, 0.1) is 6.10 Å². The molecule has 0 radical (unpaired) electrons. The molecule has 1 aliphatic carbocycles. The summed E-state index contributed by atoms with van der Waals surface area (Å²) in [6, 6.07) is 8.67. The van der Waals surface area contributed by atoms with Crippen molar-refractivity contribution < 1.29 is 4.74 Å². The molecule has 1 aromatic heterocycles. The first kappa shape index (κ1) is 15.5. The molecule has 0 spiro atoms. The smallest absolute Gasteiger partial charge is 0.126 e. The summed E-state index contributed by atoms with van der Waals surface area (Å²) in [6.07, 6.45) is 5.05. The number of ether oxygens (including phenoxy) is 1. The predicted octanol–water partition coefficient (Wildman–Crippen LogP) is 1.40. The zero-order valence-corrected chi connectivity index (χ0v) is 14.7. The molecule has 2 aromatic rings. The van der Waals surface area contributed by atoms with E-state index < -0.39 is 0 Å². The number of fused-ring (bicyclic) bond motifs is 1. The molecule has 0 unspecified atom stereocenters. The molecular weight excluding hydrogens is 270 g/mol. The number of rotatable bonds is 5. The molecule has 1 heterocycles. The van der Waals surface area contributed by atoms with Crippen molar-refractivity contribution in [2.45, 2.75) is 43.7 Å². The van der Waals surface area contributed by atoms with Crippen molar-refractivity contribution in [3.63, 3.8) is 0 Å². The molecule has 0 amide bonds. The first-order valence-corrected chi connectivity index (χ1v) is 8.19. The minimum absolute atomic E-state index is 0.0299. The quantitative estimate of drug-likeness (QED) is 0.776. The highest BCUT2D eigenvalue weighted by Gasteiger charge is 2.40. The molecule has 0 saturated heterocycles. The van der Waals surface area contributed by atoms with Gasteiger partial charge in [0, 0.05) is 28.0 Å². The Balaban J connectivity index is 2.00. The summed E-state index contributed by atoms with van der Waals surface area (Å²) >= 11 is 0. The second kappa shape index (κ2) is 5.09. The van der Waals surface area contributed by atoms with Crippen LogP contribution in [0.4, 0.5) is 0 Å². The standard InChI is InChI=1S/C17H26B2N2O/c1-16(2,20(3)4)17(18,19)21-10-9-12-11-14(7-8-15(12)21)22-13-5-6-13/h7-11,13H,5-6,18-19H2,1-4H3. The first-order valence-electron chi connectivity index (χ1n) is 8.19. The summed E-state index contributed by atoms with van der Waals surface area (Å²) < 4.78 is 8.31. The first-order chi connectivity index (χ1) is 10.2. The normalized spacial score (nSPS) is 16.4. The number of hydrogen-bond acceptors (Lipinski definition) is 2. The molecule has 116 valence electrons. The third-order valence-electron chi connectivity index (χ3n) is 5.71. The predicted molar refractivity (Wildman–Crippen MR) is 98.4 cm³/mol. The van der Waals surface area contributed by atoms with E-state index in [0.29, 0.717) is 6.10 Å². The zero-order chi connectivity index (χ0) is 16.1.